The number of imidazole rings is 1. The van der Waals surface area contributed by atoms with Crippen molar-refractivity contribution in [1.82, 2.24) is 14.3 Å². The zero-order valence-electron chi connectivity index (χ0n) is 12.3. The van der Waals surface area contributed by atoms with E-state index in [0.29, 0.717) is 23.3 Å². The molecule has 1 atom stereocenters. The summed E-state index contributed by atoms with van der Waals surface area (Å²) >= 11 is 0. The van der Waals surface area contributed by atoms with Crippen LogP contribution >= 0.6 is 0 Å². The number of aromatic amines is 1. The Balaban J connectivity index is 1.96. The number of aromatic nitrogens is 2. The number of sulfone groups is 1. The van der Waals surface area contributed by atoms with Crippen molar-refractivity contribution in [3.05, 3.63) is 24.0 Å². The number of H-pyrrole nitrogens is 1. The number of nitrogens with one attached hydrogen (secondary N) is 1. The van der Waals surface area contributed by atoms with Crippen LogP contribution in [-0.2, 0) is 19.9 Å². The Morgan fingerprint density at radius 2 is 2.09 bits per heavy atom. The molecule has 1 saturated heterocycles. The van der Waals surface area contributed by atoms with Crippen LogP contribution in [0.4, 0.5) is 0 Å². The summed E-state index contributed by atoms with van der Waals surface area (Å²) in [7, 11) is -5.44. The second-order valence-electron chi connectivity index (χ2n) is 5.58. The Bertz CT molecular complexity index is 931. The van der Waals surface area contributed by atoms with Gasteiger partial charge in [0.25, 0.3) is 0 Å². The molecular weight excluding hydrogens is 326 g/mol. The Morgan fingerprint density at radius 1 is 1.36 bits per heavy atom. The zero-order valence-corrected chi connectivity index (χ0v) is 13.9. The lowest BCUT2D eigenvalue weighted by Gasteiger charge is -2.22. The first-order valence-electron chi connectivity index (χ1n) is 6.84. The maximum absolute atomic E-state index is 12.7. The minimum atomic E-state index is -3.73. The highest BCUT2D eigenvalue weighted by Gasteiger charge is 2.36. The zero-order chi connectivity index (χ0) is 16.1. The van der Waals surface area contributed by atoms with Crippen molar-refractivity contribution in [1.29, 1.82) is 0 Å². The molecule has 0 amide bonds. The second-order valence-corrected chi connectivity index (χ2v) is 9.81. The Hall–Kier alpha value is -1.45. The summed E-state index contributed by atoms with van der Waals surface area (Å²) in [6, 6.07) is 4.17. The van der Waals surface area contributed by atoms with Crippen molar-refractivity contribution in [3.8, 4) is 0 Å². The van der Waals surface area contributed by atoms with E-state index in [-0.39, 0.29) is 16.4 Å². The Kier molecular flexibility index (Phi) is 3.54. The van der Waals surface area contributed by atoms with Crippen molar-refractivity contribution >= 4 is 30.9 Å². The fourth-order valence-corrected chi connectivity index (χ4v) is 5.98. The predicted molar refractivity (Wildman–Crippen MR) is 82.8 cm³/mol. The van der Waals surface area contributed by atoms with Gasteiger partial charge in [0.1, 0.15) is 5.82 Å². The number of hydrogen-bond acceptors (Lipinski definition) is 5. The molecule has 1 N–H and O–H groups in total. The molecule has 0 bridgehead atoms. The van der Waals surface area contributed by atoms with Gasteiger partial charge in [-0.05, 0) is 31.5 Å². The normalized spacial score (nSPS) is 21.7. The van der Waals surface area contributed by atoms with Crippen LogP contribution in [-0.4, -0.2) is 55.7 Å². The molecule has 1 aliphatic heterocycles. The number of benzene rings is 1. The van der Waals surface area contributed by atoms with Gasteiger partial charge in [-0.15, -0.1) is 0 Å². The van der Waals surface area contributed by atoms with Crippen molar-refractivity contribution in [2.45, 2.75) is 24.3 Å². The number of aryl methyl sites for hydroxylation is 1. The Labute approximate surface area is 129 Å². The van der Waals surface area contributed by atoms with Gasteiger partial charge in [-0.25, -0.2) is 21.8 Å². The summed E-state index contributed by atoms with van der Waals surface area (Å²) in [5.41, 5.74) is 1.34. The summed E-state index contributed by atoms with van der Waals surface area (Å²) in [6.07, 6.45) is 0.337. The van der Waals surface area contributed by atoms with Crippen LogP contribution < -0.4 is 0 Å². The summed E-state index contributed by atoms with van der Waals surface area (Å²) < 4.78 is 49.6. The van der Waals surface area contributed by atoms with Crippen LogP contribution in [0.15, 0.2) is 23.1 Å². The lowest BCUT2D eigenvalue weighted by atomic mass is 10.3. The average Bonchev–Trinajstić information content (AvgIpc) is 2.98. The molecule has 1 aromatic carbocycles. The van der Waals surface area contributed by atoms with Crippen LogP contribution in [0.3, 0.4) is 0 Å². The van der Waals surface area contributed by atoms with Gasteiger partial charge in [0.05, 0.1) is 27.4 Å². The van der Waals surface area contributed by atoms with Crippen molar-refractivity contribution in [2.24, 2.45) is 0 Å². The largest absolute Gasteiger partial charge is 0.342 e. The summed E-state index contributed by atoms with van der Waals surface area (Å²) in [5, 5.41) is 0. The first-order valence-corrected chi connectivity index (χ1v) is 10.1. The van der Waals surface area contributed by atoms with E-state index in [1.54, 1.807) is 13.0 Å². The van der Waals surface area contributed by atoms with Crippen molar-refractivity contribution < 1.29 is 16.8 Å². The monoisotopic (exact) mass is 343 g/mol. The topological polar surface area (TPSA) is 100 Å². The standard InChI is InChI=1S/C13H17N3O4S2/c1-9-14-12-4-3-11(7-13(12)15-9)22(19,20)16(2)10-5-6-21(17,18)8-10/h3-4,7,10H,5-6,8H2,1-2H3,(H,14,15). The van der Waals surface area contributed by atoms with Gasteiger partial charge in [0.2, 0.25) is 10.0 Å². The molecule has 2 heterocycles. The Morgan fingerprint density at radius 3 is 2.73 bits per heavy atom. The molecule has 1 aliphatic rings. The van der Waals surface area contributed by atoms with Gasteiger partial charge in [0, 0.05) is 13.1 Å². The molecule has 1 unspecified atom stereocenters. The lowest BCUT2D eigenvalue weighted by molar-refractivity contribution is 0.394. The van der Waals surface area contributed by atoms with Gasteiger partial charge in [-0.1, -0.05) is 0 Å². The molecule has 2 aromatic rings. The smallest absolute Gasteiger partial charge is 0.243 e. The summed E-state index contributed by atoms with van der Waals surface area (Å²) in [4.78, 5) is 7.37. The van der Waals surface area contributed by atoms with Gasteiger partial charge in [-0.3, -0.25) is 0 Å². The number of sulfonamides is 1. The molecule has 22 heavy (non-hydrogen) atoms. The predicted octanol–water partition coefficient (Wildman–Crippen LogP) is 0.679. The fraction of sp³-hybridized carbons (Fsp3) is 0.462. The number of fused-ring (bicyclic) bond motifs is 1. The third-order valence-corrected chi connectivity index (χ3v) is 7.63. The highest BCUT2D eigenvalue weighted by Crippen LogP contribution is 2.25. The molecule has 0 radical (unpaired) electrons. The molecule has 3 rings (SSSR count). The first-order chi connectivity index (χ1) is 10.2. The van der Waals surface area contributed by atoms with Crippen LogP contribution in [0.25, 0.3) is 11.0 Å². The van der Waals surface area contributed by atoms with Gasteiger partial charge >= 0.3 is 0 Å². The van der Waals surface area contributed by atoms with E-state index in [9.17, 15) is 16.8 Å². The maximum atomic E-state index is 12.7. The first kappa shape index (κ1) is 15.4. The summed E-state index contributed by atoms with van der Waals surface area (Å²) in [6.45, 7) is 1.80. The van der Waals surface area contributed by atoms with Gasteiger partial charge in [-0.2, -0.15) is 4.31 Å². The van der Waals surface area contributed by atoms with Crippen LogP contribution in [0.5, 0.6) is 0 Å². The van der Waals surface area contributed by atoms with E-state index >= 15 is 0 Å². The molecule has 120 valence electrons. The fourth-order valence-electron chi connectivity index (χ4n) is 2.70. The van der Waals surface area contributed by atoms with Gasteiger partial charge < -0.3 is 4.98 Å². The van der Waals surface area contributed by atoms with Crippen LogP contribution in [0.1, 0.15) is 12.2 Å². The average molecular weight is 343 g/mol. The maximum Gasteiger partial charge on any atom is 0.243 e. The molecule has 0 aliphatic carbocycles. The minimum Gasteiger partial charge on any atom is -0.342 e. The second kappa shape index (κ2) is 5.04. The highest BCUT2D eigenvalue weighted by molar-refractivity contribution is 7.92. The minimum absolute atomic E-state index is 0.0380. The third-order valence-electron chi connectivity index (χ3n) is 3.97. The van der Waals surface area contributed by atoms with Crippen molar-refractivity contribution in [3.63, 3.8) is 0 Å². The molecule has 0 spiro atoms. The van der Waals surface area contributed by atoms with E-state index in [2.05, 4.69) is 9.97 Å². The molecular formula is C13H17N3O4S2. The quantitative estimate of drug-likeness (QED) is 0.883. The SMILES string of the molecule is Cc1nc2ccc(S(=O)(=O)N(C)C3CCS(=O)(=O)C3)cc2[nH]1. The molecule has 1 fully saturated rings. The van der Waals surface area contributed by atoms with E-state index in [4.69, 9.17) is 0 Å². The summed E-state index contributed by atoms with van der Waals surface area (Å²) in [5.74, 6) is 0.629. The van der Waals surface area contributed by atoms with Gasteiger partial charge in [0.15, 0.2) is 9.84 Å². The number of nitrogens with zero attached hydrogens (tertiary/aromatic N) is 2. The van der Waals surface area contributed by atoms with E-state index in [1.165, 1.54) is 23.5 Å². The highest BCUT2D eigenvalue weighted by atomic mass is 32.2. The third kappa shape index (κ3) is 2.64. The number of rotatable bonds is 3. The molecule has 0 saturated carbocycles. The lowest BCUT2D eigenvalue weighted by Crippen LogP contribution is -2.37. The van der Waals surface area contributed by atoms with Crippen molar-refractivity contribution in [2.75, 3.05) is 18.6 Å². The van der Waals surface area contributed by atoms with E-state index in [1.807, 2.05) is 0 Å². The van der Waals surface area contributed by atoms with Crippen LogP contribution in [0, 0.1) is 6.92 Å². The number of hydrogen-bond donors (Lipinski definition) is 1. The van der Waals surface area contributed by atoms with Crippen LogP contribution in [0.2, 0.25) is 0 Å². The molecule has 7 nitrogen and oxygen atoms in total. The van der Waals surface area contributed by atoms with E-state index < -0.39 is 25.9 Å². The van der Waals surface area contributed by atoms with E-state index in [0.717, 1.165) is 0 Å². The molecule has 9 heteroatoms. The molecule has 1 aromatic heterocycles.